The van der Waals surface area contributed by atoms with Crippen molar-refractivity contribution in [1.82, 2.24) is 9.80 Å². The fraction of sp³-hybridized carbons (Fsp3) is 0.765. The highest BCUT2D eigenvalue weighted by Gasteiger charge is 2.32. The van der Waals surface area contributed by atoms with Crippen molar-refractivity contribution in [2.24, 2.45) is 5.73 Å². The van der Waals surface area contributed by atoms with Gasteiger partial charge >= 0.3 is 0 Å². The van der Waals surface area contributed by atoms with Crippen LogP contribution in [0.4, 0.5) is 0 Å². The summed E-state index contributed by atoms with van der Waals surface area (Å²) in [5.74, 6) is 0. The highest BCUT2D eigenvalue weighted by molar-refractivity contribution is 7.10. The maximum absolute atomic E-state index is 6.34. The Labute approximate surface area is 133 Å². The predicted octanol–water partition coefficient (Wildman–Crippen LogP) is 3.01. The van der Waals surface area contributed by atoms with E-state index in [-0.39, 0.29) is 6.04 Å². The van der Waals surface area contributed by atoms with Crippen molar-refractivity contribution in [2.45, 2.75) is 57.7 Å². The van der Waals surface area contributed by atoms with Gasteiger partial charge in [0.1, 0.15) is 0 Å². The molecule has 0 bridgehead atoms. The third-order valence-corrected chi connectivity index (χ3v) is 6.34. The lowest BCUT2D eigenvalue weighted by Gasteiger charge is -2.42. The van der Waals surface area contributed by atoms with E-state index in [1.165, 1.54) is 62.3 Å². The van der Waals surface area contributed by atoms with Crippen LogP contribution >= 0.6 is 11.3 Å². The van der Waals surface area contributed by atoms with Crippen LogP contribution in [0.1, 0.15) is 49.1 Å². The lowest BCUT2D eigenvalue weighted by Crippen LogP contribution is -2.52. The molecule has 0 spiro atoms. The third-order valence-electron chi connectivity index (χ3n) is 5.25. The minimum Gasteiger partial charge on any atom is -0.326 e. The molecule has 3 nitrogen and oxygen atoms in total. The number of hydrogen-bond donors (Lipinski definition) is 1. The summed E-state index contributed by atoms with van der Waals surface area (Å²) in [5, 5.41) is 2.20. The molecule has 0 aromatic carbocycles. The second kappa shape index (κ2) is 6.78. The average Bonchev–Trinajstić information content (AvgIpc) is 3.12. The molecule has 118 valence electrons. The molecule has 1 saturated carbocycles. The average molecular weight is 308 g/mol. The zero-order valence-electron chi connectivity index (χ0n) is 13.4. The topological polar surface area (TPSA) is 32.5 Å². The lowest BCUT2D eigenvalue weighted by molar-refractivity contribution is 0.0643. The van der Waals surface area contributed by atoms with Crippen LogP contribution in [0, 0.1) is 6.92 Å². The molecule has 2 heterocycles. The van der Waals surface area contributed by atoms with Gasteiger partial charge in [-0.1, -0.05) is 12.8 Å². The SMILES string of the molecule is Cc1ccsc1C(C(C)N)N1CCN(C2CCCC2)CC1. The molecular formula is C17H29N3S. The van der Waals surface area contributed by atoms with E-state index in [2.05, 4.69) is 35.1 Å². The largest absolute Gasteiger partial charge is 0.326 e. The number of aryl methyl sites for hydroxylation is 1. The Balaban J connectivity index is 1.65. The Kier molecular flexibility index (Phi) is 4.99. The Hall–Kier alpha value is -0.420. The highest BCUT2D eigenvalue weighted by atomic mass is 32.1. The number of nitrogens with zero attached hydrogens (tertiary/aromatic N) is 2. The Bertz CT molecular complexity index is 443. The first kappa shape index (κ1) is 15.5. The molecule has 21 heavy (non-hydrogen) atoms. The van der Waals surface area contributed by atoms with Crippen LogP contribution < -0.4 is 5.73 Å². The standard InChI is InChI=1S/C17H29N3S/c1-13-7-12-21-17(13)16(14(2)18)20-10-8-19(9-11-20)15-5-3-4-6-15/h7,12,14-16H,3-6,8-11,18H2,1-2H3. The van der Waals surface area contributed by atoms with Gasteiger partial charge in [-0.05, 0) is 43.7 Å². The maximum atomic E-state index is 6.34. The summed E-state index contributed by atoms with van der Waals surface area (Å²) in [6.45, 7) is 9.15. The normalized spacial score (nSPS) is 25.3. The summed E-state index contributed by atoms with van der Waals surface area (Å²) in [4.78, 5) is 6.82. The molecule has 4 heteroatoms. The smallest absolute Gasteiger partial charge is 0.0594 e. The van der Waals surface area contributed by atoms with Crippen LogP contribution in [0.2, 0.25) is 0 Å². The minimum atomic E-state index is 0.195. The zero-order valence-corrected chi connectivity index (χ0v) is 14.2. The molecule has 3 rings (SSSR count). The van der Waals surface area contributed by atoms with Gasteiger partial charge in [-0.25, -0.2) is 0 Å². The molecule has 1 aromatic rings. The number of rotatable bonds is 4. The predicted molar refractivity (Wildman–Crippen MR) is 90.8 cm³/mol. The second-order valence-electron chi connectivity index (χ2n) is 6.78. The van der Waals surface area contributed by atoms with E-state index >= 15 is 0 Å². The molecule has 2 atom stereocenters. The van der Waals surface area contributed by atoms with Gasteiger partial charge in [0, 0.05) is 43.1 Å². The molecule has 1 aliphatic heterocycles. The van der Waals surface area contributed by atoms with Crippen molar-refractivity contribution in [3.8, 4) is 0 Å². The monoisotopic (exact) mass is 307 g/mol. The minimum absolute atomic E-state index is 0.195. The second-order valence-corrected chi connectivity index (χ2v) is 7.73. The molecule has 1 aromatic heterocycles. The maximum Gasteiger partial charge on any atom is 0.0594 e. The Morgan fingerprint density at radius 2 is 1.86 bits per heavy atom. The van der Waals surface area contributed by atoms with Gasteiger partial charge in [-0.2, -0.15) is 0 Å². The quantitative estimate of drug-likeness (QED) is 0.928. The summed E-state index contributed by atoms with van der Waals surface area (Å²) < 4.78 is 0. The van der Waals surface area contributed by atoms with Crippen LogP contribution in [0.25, 0.3) is 0 Å². The summed E-state index contributed by atoms with van der Waals surface area (Å²) in [7, 11) is 0. The van der Waals surface area contributed by atoms with Crippen molar-refractivity contribution in [3.63, 3.8) is 0 Å². The van der Waals surface area contributed by atoms with Crippen LogP contribution in [0.15, 0.2) is 11.4 Å². The number of piperazine rings is 1. The fourth-order valence-electron chi connectivity index (χ4n) is 4.07. The lowest BCUT2D eigenvalue weighted by atomic mass is 10.0. The molecule has 1 aliphatic carbocycles. The third kappa shape index (κ3) is 3.34. The first-order chi connectivity index (χ1) is 10.2. The summed E-state index contributed by atoms with van der Waals surface area (Å²) in [6, 6.07) is 3.69. The van der Waals surface area contributed by atoms with Crippen LogP contribution in [0.5, 0.6) is 0 Å². The van der Waals surface area contributed by atoms with Crippen LogP contribution in [-0.2, 0) is 0 Å². The number of hydrogen-bond acceptors (Lipinski definition) is 4. The van der Waals surface area contributed by atoms with Crippen molar-refractivity contribution in [1.29, 1.82) is 0 Å². The van der Waals surface area contributed by atoms with E-state index in [9.17, 15) is 0 Å². The summed E-state index contributed by atoms with van der Waals surface area (Å²) in [5.41, 5.74) is 7.74. The van der Waals surface area contributed by atoms with Crippen LogP contribution in [0.3, 0.4) is 0 Å². The Morgan fingerprint density at radius 3 is 2.38 bits per heavy atom. The van der Waals surface area contributed by atoms with Gasteiger partial charge in [0.2, 0.25) is 0 Å². The molecule has 2 unspecified atom stereocenters. The van der Waals surface area contributed by atoms with Gasteiger partial charge in [-0.3, -0.25) is 9.80 Å². The first-order valence-electron chi connectivity index (χ1n) is 8.44. The zero-order chi connectivity index (χ0) is 14.8. The van der Waals surface area contributed by atoms with Crippen molar-refractivity contribution >= 4 is 11.3 Å². The molecule has 1 saturated heterocycles. The van der Waals surface area contributed by atoms with E-state index in [0.717, 1.165) is 6.04 Å². The van der Waals surface area contributed by atoms with Crippen LogP contribution in [-0.4, -0.2) is 48.1 Å². The highest BCUT2D eigenvalue weighted by Crippen LogP contribution is 2.32. The van der Waals surface area contributed by atoms with Crippen molar-refractivity contribution in [2.75, 3.05) is 26.2 Å². The fourth-order valence-corrected chi connectivity index (χ4v) is 5.25. The summed E-state index contributed by atoms with van der Waals surface area (Å²) >= 11 is 1.87. The van der Waals surface area contributed by atoms with Gasteiger partial charge in [0.25, 0.3) is 0 Å². The van der Waals surface area contributed by atoms with Gasteiger partial charge in [-0.15, -0.1) is 11.3 Å². The van der Waals surface area contributed by atoms with E-state index in [4.69, 9.17) is 5.73 Å². The first-order valence-corrected chi connectivity index (χ1v) is 9.32. The molecule has 2 aliphatic rings. The van der Waals surface area contributed by atoms with Gasteiger partial charge in [0.15, 0.2) is 0 Å². The van der Waals surface area contributed by atoms with E-state index in [0.29, 0.717) is 6.04 Å². The molecule has 2 fully saturated rings. The number of nitrogens with two attached hydrogens (primary N) is 1. The van der Waals surface area contributed by atoms with Crippen molar-refractivity contribution < 1.29 is 0 Å². The number of thiophene rings is 1. The molecule has 0 radical (unpaired) electrons. The molecular weight excluding hydrogens is 278 g/mol. The van der Waals surface area contributed by atoms with E-state index in [1.807, 2.05) is 11.3 Å². The van der Waals surface area contributed by atoms with E-state index < -0.39 is 0 Å². The Morgan fingerprint density at radius 1 is 1.19 bits per heavy atom. The van der Waals surface area contributed by atoms with Crippen molar-refractivity contribution in [3.05, 3.63) is 21.9 Å². The molecule has 2 N–H and O–H groups in total. The molecule has 0 amide bonds. The van der Waals surface area contributed by atoms with Gasteiger partial charge in [0.05, 0.1) is 6.04 Å². The summed E-state index contributed by atoms with van der Waals surface area (Å²) in [6.07, 6.45) is 5.70. The van der Waals surface area contributed by atoms with E-state index in [1.54, 1.807) is 0 Å². The van der Waals surface area contributed by atoms with Gasteiger partial charge < -0.3 is 5.73 Å².